The first kappa shape index (κ1) is 6.68. The van der Waals surface area contributed by atoms with Crippen molar-refractivity contribution in [3.8, 4) is 5.75 Å². The van der Waals surface area contributed by atoms with Gasteiger partial charge in [-0.2, -0.15) is 0 Å². The summed E-state index contributed by atoms with van der Waals surface area (Å²) in [7, 11) is 0. The molecule has 1 aromatic carbocycles. The molecule has 2 rings (SSSR count). The molecule has 0 bridgehead atoms. The fourth-order valence-corrected chi connectivity index (χ4v) is 0.938. The molecule has 0 aliphatic carbocycles. The second-order valence-electron chi connectivity index (χ2n) is 2.65. The van der Waals surface area contributed by atoms with Gasteiger partial charge in [0.05, 0.1) is 0 Å². The lowest BCUT2D eigenvalue weighted by molar-refractivity contribution is 0.178. The zero-order valence-corrected chi connectivity index (χ0v) is 6.41. The standard InChI is InChI=1S/C9H10O2/c1-7-4-2-3-5-8(7)11-9-6-10-9/h2-5,9H,6H2,1H3. The third-order valence-corrected chi connectivity index (χ3v) is 1.65. The van der Waals surface area contributed by atoms with Crippen LogP contribution in [0.3, 0.4) is 0 Å². The molecule has 0 aromatic heterocycles. The first-order valence-corrected chi connectivity index (χ1v) is 3.70. The summed E-state index contributed by atoms with van der Waals surface area (Å²) >= 11 is 0. The van der Waals surface area contributed by atoms with Gasteiger partial charge < -0.3 is 9.47 Å². The van der Waals surface area contributed by atoms with Crippen molar-refractivity contribution in [3.63, 3.8) is 0 Å². The number of hydrogen-bond acceptors (Lipinski definition) is 2. The molecule has 2 heteroatoms. The van der Waals surface area contributed by atoms with Crippen LogP contribution in [0.1, 0.15) is 5.56 Å². The molecule has 1 atom stereocenters. The second-order valence-corrected chi connectivity index (χ2v) is 2.65. The van der Waals surface area contributed by atoms with Crippen molar-refractivity contribution in [2.45, 2.75) is 13.2 Å². The quantitative estimate of drug-likeness (QED) is 0.599. The smallest absolute Gasteiger partial charge is 0.223 e. The van der Waals surface area contributed by atoms with Crippen LogP contribution in [0.5, 0.6) is 5.75 Å². The molecule has 58 valence electrons. The first-order valence-electron chi connectivity index (χ1n) is 3.70. The zero-order chi connectivity index (χ0) is 7.68. The predicted octanol–water partition coefficient (Wildman–Crippen LogP) is 1.73. The van der Waals surface area contributed by atoms with Gasteiger partial charge in [0.15, 0.2) is 0 Å². The van der Waals surface area contributed by atoms with Crippen LogP contribution in [-0.4, -0.2) is 12.9 Å². The Hall–Kier alpha value is -1.02. The minimum absolute atomic E-state index is 0.0103. The van der Waals surface area contributed by atoms with E-state index in [0.717, 1.165) is 17.9 Å². The average Bonchev–Trinajstić information content (AvgIpc) is 2.78. The summed E-state index contributed by atoms with van der Waals surface area (Å²) in [5.41, 5.74) is 1.16. The van der Waals surface area contributed by atoms with E-state index in [0.29, 0.717) is 0 Å². The maximum absolute atomic E-state index is 5.43. The topological polar surface area (TPSA) is 21.8 Å². The van der Waals surface area contributed by atoms with Gasteiger partial charge in [-0.1, -0.05) is 18.2 Å². The van der Waals surface area contributed by atoms with Gasteiger partial charge in [0.2, 0.25) is 6.29 Å². The molecular weight excluding hydrogens is 140 g/mol. The molecule has 2 nitrogen and oxygen atoms in total. The van der Waals surface area contributed by atoms with Crippen molar-refractivity contribution >= 4 is 0 Å². The lowest BCUT2D eigenvalue weighted by atomic mass is 10.2. The number of rotatable bonds is 2. The molecule has 1 fully saturated rings. The zero-order valence-electron chi connectivity index (χ0n) is 6.41. The lowest BCUT2D eigenvalue weighted by Crippen LogP contribution is -1.98. The van der Waals surface area contributed by atoms with E-state index in [2.05, 4.69) is 0 Å². The summed E-state index contributed by atoms with van der Waals surface area (Å²) in [6.45, 7) is 2.76. The Morgan fingerprint density at radius 1 is 1.45 bits per heavy atom. The number of benzene rings is 1. The van der Waals surface area contributed by atoms with Crippen LogP contribution < -0.4 is 4.74 Å². The average molecular weight is 150 g/mol. The van der Waals surface area contributed by atoms with Gasteiger partial charge in [-0.25, -0.2) is 0 Å². The largest absolute Gasteiger partial charge is 0.462 e. The number of para-hydroxylation sites is 1. The Balaban J connectivity index is 2.15. The molecule has 1 unspecified atom stereocenters. The third kappa shape index (κ3) is 1.52. The summed E-state index contributed by atoms with van der Waals surface area (Å²) in [4.78, 5) is 0. The number of ether oxygens (including phenoxy) is 2. The van der Waals surface area contributed by atoms with Crippen LogP contribution in [0.4, 0.5) is 0 Å². The van der Waals surface area contributed by atoms with Crippen molar-refractivity contribution < 1.29 is 9.47 Å². The maximum atomic E-state index is 5.43. The Labute approximate surface area is 65.7 Å². The maximum Gasteiger partial charge on any atom is 0.223 e. The molecule has 0 saturated carbocycles. The summed E-state index contributed by atoms with van der Waals surface area (Å²) in [6.07, 6.45) is 0.0103. The van der Waals surface area contributed by atoms with E-state index in [1.165, 1.54) is 0 Å². The highest BCUT2D eigenvalue weighted by Crippen LogP contribution is 2.21. The van der Waals surface area contributed by atoms with E-state index >= 15 is 0 Å². The second kappa shape index (κ2) is 2.55. The number of epoxide rings is 1. The fraction of sp³-hybridized carbons (Fsp3) is 0.333. The highest BCUT2D eigenvalue weighted by molar-refractivity contribution is 5.31. The molecule has 1 heterocycles. The molecule has 1 saturated heterocycles. The molecule has 1 aliphatic heterocycles. The van der Waals surface area contributed by atoms with Crippen LogP contribution in [0.2, 0.25) is 0 Å². The molecule has 0 spiro atoms. The van der Waals surface area contributed by atoms with Gasteiger partial charge in [-0.15, -0.1) is 0 Å². The van der Waals surface area contributed by atoms with E-state index in [4.69, 9.17) is 9.47 Å². The van der Waals surface area contributed by atoms with Crippen LogP contribution in [0.25, 0.3) is 0 Å². The molecule has 11 heavy (non-hydrogen) atoms. The van der Waals surface area contributed by atoms with Crippen molar-refractivity contribution in [2.24, 2.45) is 0 Å². The molecular formula is C9H10O2. The molecule has 0 radical (unpaired) electrons. The van der Waals surface area contributed by atoms with Gasteiger partial charge in [0.25, 0.3) is 0 Å². The van der Waals surface area contributed by atoms with Gasteiger partial charge >= 0.3 is 0 Å². The van der Waals surface area contributed by atoms with Crippen LogP contribution in [-0.2, 0) is 4.74 Å². The molecule has 0 amide bonds. The minimum atomic E-state index is 0.0103. The summed E-state index contributed by atoms with van der Waals surface area (Å²) < 4.78 is 10.4. The van der Waals surface area contributed by atoms with E-state index in [-0.39, 0.29) is 6.29 Å². The van der Waals surface area contributed by atoms with Crippen LogP contribution >= 0.6 is 0 Å². The Morgan fingerprint density at radius 2 is 2.18 bits per heavy atom. The van der Waals surface area contributed by atoms with E-state index in [1.54, 1.807) is 0 Å². The molecule has 1 aromatic rings. The summed E-state index contributed by atoms with van der Waals surface area (Å²) in [5, 5.41) is 0. The predicted molar refractivity (Wildman–Crippen MR) is 41.5 cm³/mol. The van der Waals surface area contributed by atoms with Gasteiger partial charge in [-0.3, -0.25) is 0 Å². The molecule has 0 N–H and O–H groups in total. The fourth-order valence-electron chi connectivity index (χ4n) is 0.938. The van der Waals surface area contributed by atoms with Crippen molar-refractivity contribution in [1.82, 2.24) is 0 Å². The van der Waals surface area contributed by atoms with E-state index in [1.807, 2.05) is 31.2 Å². The van der Waals surface area contributed by atoms with E-state index < -0.39 is 0 Å². The Bertz CT molecular complexity index is 253. The van der Waals surface area contributed by atoms with Gasteiger partial charge in [0, 0.05) is 0 Å². The van der Waals surface area contributed by atoms with Gasteiger partial charge in [-0.05, 0) is 18.6 Å². The number of aryl methyl sites for hydroxylation is 1. The van der Waals surface area contributed by atoms with E-state index in [9.17, 15) is 0 Å². The third-order valence-electron chi connectivity index (χ3n) is 1.65. The lowest BCUT2D eigenvalue weighted by Gasteiger charge is -2.04. The normalized spacial score (nSPS) is 21.4. The van der Waals surface area contributed by atoms with Crippen LogP contribution in [0, 0.1) is 6.92 Å². The first-order chi connectivity index (χ1) is 5.36. The van der Waals surface area contributed by atoms with Crippen molar-refractivity contribution in [1.29, 1.82) is 0 Å². The van der Waals surface area contributed by atoms with Crippen molar-refractivity contribution in [3.05, 3.63) is 29.8 Å². The summed E-state index contributed by atoms with van der Waals surface area (Å²) in [6, 6.07) is 7.94. The summed E-state index contributed by atoms with van der Waals surface area (Å²) in [5.74, 6) is 0.926. The highest BCUT2D eigenvalue weighted by atomic mass is 16.8. The van der Waals surface area contributed by atoms with Crippen molar-refractivity contribution in [2.75, 3.05) is 6.61 Å². The Kier molecular flexibility index (Phi) is 1.55. The SMILES string of the molecule is Cc1ccccc1OC1CO1. The van der Waals surface area contributed by atoms with Gasteiger partial charge in [0.1, 0.15) is 12.4 Å². The Morgan fingerprint density at radius 3 is 2.82 bits per heavy atom. The van der Waals surface area contributed by atoms with Crippen LogP contribution in [0.15, 0.2) is 24.3 Å². The highest BCUT2D eigenvalue weighted by Gasteiger charge is 2.24. The minimum Gasteiger partial charge on any atom is -0.462 e. The monoisotopic (exact) mass is 150 g/mol. The number of hydrogen-bond donors (Lipinski definition) is 0. The molecule has 1 aliphatic rings.